The Balaban J connectivity index is 2.16. The van der Waals surface area contributed by atoms with Crippen molar-refractivity contribution in [3.8, 4) is 6.07 Å². The predicted molar refractivity (Wildman–Crippen MR) is 66.4 cm³/mol. The summed E-state index contributed by atoms with van der Waals surface area (Å²) in [5, 5.41) is 26.3. The van der Waals surface area contributed by atoms with Crippen LogP contribution in [0.4, 0.5) is 11.4 Å². The molecular weight excluding hydrogens is 248 g/mol. The Hall–Kier alpha value is -2.88. The normalized spacial score (nSPS) is 9.89. The fourth-order valence-corrected chi connectivity index (χ4v) is 1.57. The van der Waals surface area contributed by atoms with Crippen molar-refractivity contribution in [2.75, 3.05) is 5.32 Å². The van der Waals surface area contributed by atoms with Gasteiger partial charge in [0, 0.05) is 18.2 Å². The van der Waals surface area contributed by atoms with E-state index < -0.39 is 4.92 Å². The van der Waals surface area contributed by atoms with Crippen LogP contribution < -0.4 is 5.32 Å². The Labute approximate surface area is 108 Å². The van der Waals surface area contributed by atoms with Crippen LogP contribution in [-0.4, -0.2) is 10.1 Å². The highest BCUT2D eigenvalue weighted by Gasteiger charge is 2.11. The number of rotatable bonds is 4. The Kier molecular flexibility index (Phi) is 3.43. The molecule has 0 aliphatic carbocycles. The first-order valence-corrected chi connectivity index (χ1v) is 5.45. The van der Waals surface area contributed by atoms with Gasteiger partial charge in [0.05, 0.1) is 28.4 Å². The number of hydrogen-bond acceptors (Lipinski definition) is 6. The molecule has 19 heavy (non-hydrogen) atoms. The van der Waals surface area contributed by atoms with E-state index in [-0.39, 0.29) is 11.3 Å². The third kappa shape index (κ3) is 2.87. The molecule has 7 heteroatoms. The van der Waals surface area contributed by atoms with E-state index in [9.17, 15) is 10.1 Å². The molecule has 0 aliphatic rings. The standard InChI is InChI=1S/C12H10N4O3/c1-8-4-11(19-15-8)7-14-12-3-2-10(16(17)18)5-9(12)6-13/h2-5,14H,7H2,1H3. The number of nitro groups is 1. The highest BCUT2D eigenvalue weighted by Crippen LogP contribution is 2.22. The number of aryl methyl sites for hydroxylation is 1. The van der Waals surface area contributed by atoms with Crippen LogP contribution >= 0.6 is 0 Å². The molecule has 2 aromatic rings. The fraction of sp³-hybridized carbons (Fsp3) is 0.167. The topological polar surface area (TPSA) is 105 Å². The molecule has 1 aromatic carbocycles. The van der Waals surface area contributed by atoms with Crippen molar-refractivity contribution in [3.63, 3.8) is 0 Å². The Morgan fingerprint density at radius 3 is 2.89 bits per heavy atom. The summed E-state index contributed by atoms with van der Waals surface area (Å²) >= 11 is 0. The summed E-state index contributed by atoms with van der Waals surface area (Å²) in [5.41, 5.74) is 1.38. The number of nitro benzene ring substituents is 1. The van der Waals surface area contributed by atoms with Gasteiger partial charge in [0.15, 0.2) is 5.76 Å². The first-order chi connectivity index (χ1) is 9.10. The van der Waals surface area contributed by atoms with Gasteiger partial charge < -0.3 is 9.84 Å². The Morgan fingerprint density at radius 2 is 2.32 bits per heavy atom. The quantitative estimate of drug-likeness (QED) is 0.666. The highest BCUT2D eigenvalue weighted by molar-refractivity contribution is 5.61. The lowest BCUT2D eigenvalue weighted by atomic mass is 10.1. The van der Waals surface area contributed by atoms with Crippen molar-refractivity contribution in [3.05, 3.63) is 51.4 Å². The molecular formula is C12H10N4O3. The predicted octanol–water partition coefficient (Wildman–Crippen LogP) is 2.38. The zero-order valence-electron chi connectivity index (χ0n) is 10.1. The number of nitrogens with one attached hydrogen (secondary N) is 1. The molecule has 7 nitrogen and oxygen atoms in total. The molecule has 2 rings (SSSR count). The van der Waals surface area contributed by atoms with E-state index in [1.165, 1.54) is 18.2 Å². The van der Waals surface area contributed by atoms with Gasteiger partial charge in [0.2, 0.25) is 0 Å². The van der Waals surface area contributed by atoms with Gasteiger partial charge in [0.1, 0.15) is 6.07 Å². The van der Waals surface area contributed by atoms with Gasteiger partial charge in [-0.3, -0.25) is 10.1 Å². The SMILES string of the molecule is Cc1cc(CNc2ccc([N+](=O)[O-])cc2C#N)on1. The van der Waals surface area contributed by atoms with Gasteiger partial charge in [-0.1, -0.05) is 5.16 Å². The van der Waals surface area contributed by atoms with Gasteiger partial charge in [-0.05, 0) is 13.0 Å². The molecule has 0 radical (unpaired) electrons. The minimum absolute atomic E-state index is 0.113. The zero-order valence-corrected chi connectivity index (χ0v) is 10.1. The molecule has 0 atom stereocenters. The first kappa shape index (κ1) is 12.6. The van der Waals surface area contributed by atoms with Crippen LogP contribution in [-0.2, 0) is 6.54 Å². The van der Waals surface area contributed by atoms with E-state index in [1.807, 2.05) is 6.07 Å². The third-order valence-electron chi connectivity index (χ3n) is 2.46. The van der Waals surface area contributed by atoms with E-state index in [4.69, 9.17) is 9.78 Å². The van der Waals surface area contributed by atoms with E-state index in [0.717, 1.165) is 5.69 Å². The maximum Gasteiger partial charge on any atom is 0.270 e. The summed E-state index contributed by atoms with van der Waals surface area (Å²) < 4.78 is 5.02. The second-order valence-corrected chi connectivity index (χ2v) is 3.89. The van der Waals surface area contributed by atoms with Crippen LogP contribution in [0.1, 0.15) is 17.0 Å². The Bertz CT molecular complexity index is 657. The number of hydrogen-bond donors (Lipinski definition) is 1. The molecule has 0 fully saturated rings. The van der Waals surface area contributed by atoms with Crippen LogP contribution in [0.2, 0.25) is 0 Å². The van der Waals surface area contributed by atoms with Gasteiger partial charge in [0.25, 0.3) is 5.69 Å². The second kappa shape index (κ2) is 5.18. The second-order valence-electron chi connectivity index (χ2n) is 3.89. The van der Waals surface area contributed by atoms with Crippen molar-refractivity contribution in [2.45, 2.75) is 13.5 Å². The van der Waals surface area contributed by atoms with Crippen LogP contribution in [0.15, 0.2) is 28.8 Å². The smallest absolute Gasteiger partial charge is 0.270 e. The van der Waals surface area contributed by atoms with E-state index in [1.54, 1.807) is 13.0 Å². The van der Waals surface area contributed by atoms with Crippen molar-refractivity contribution in [1.82, 2.24) is 5.16 Å². The fourth-order valence-electron chi connectivity index (χ4n) is 1.57. The van der Waals surface area contributed by atoms with Gasteiger partial charge in [-0.25, -0.2) is 0 Å². The number of anilines is 1. The molecule has 96 valence electrons. The molecule has 0 spiro atoms. The van der Waals surface area contributed by atoms with Crippen LogP contribution in [0.25, 0.3) is 0 Å². The Morgan fingerprint density at radius 1 is 1.53 bits per heavy atom. The van der Waals surface area contributed by atoms with Crippen LogP contribution in [0.3, 0.4) is 0 Å². The van der Waals surface area contributed by atoms with E-state index in [2.05, 4.69) is 10.5 Å². The molecule has 0 saturated heterocycles. The summed E-state index contributed by atoms with van der Waals surface area (Å²) in [5.74, 6) is 0.625. The highest BCUT2D eigenvalue weighted by atomic mass is 16.6. The number of aromatic nitrogens is 1. The minimum Gasteiger partial charge on any atom is -0.377 e. The summed E-state index contributed by atoms with van der Waals surface area (Å²) in [7, 11) is 0. The average Bonchev–Trinajstić information content (AvgIpc) is 2.81. The lowest BCUT2D eigenvalue weighted by molar-refractivity contribution is -0.384. The third-order valence-corrected chi connectivity index (χ3v) is 2.46. The van der Waals surface area contributed by atoms with Crippen molar-refractivity contribution in [2.24, 2.45) is 0 Å². The molecule has 1 N–H and O–H groups in total. The minimum atomic E-state index is -0.537. The van der Waals surface area contributed by atoms with E-state index in [0.29, 0.717) is 18.0 Å². The monoisotopic (exact) mass is 258 g/mol. The largest absolute Gasteiger partial charge is 0.377 e. The van der Waals surface area contributed by atoms with E-state index >= 15 is 0 Å². The molecule has 1 aromatic heterocycles. The van der Waals surface area contributed by atoms with Crippen molar-refractivity contribution in [1.29, 1.82) is 5.26 Å². The molecule has 0 aliphatic heterocycles. The van der Waals surface area contributed by atoms with Crippen LogP contribution in [0.5, 0.6) is 0 Å². The molecule has 0 unspecified atom stereocenters. The number of nitrogens with zero attached hydrogens (tertiary/aromatic N) is 3. The first-order valence-electron chi connectivity index (χ1n) is 5.45. The maximum atomic E-state index is 10.6. The summed E-state index contributed by atoms with van der Waals surface area (Å²) in [6, 6.07) is 7.76. The summed E-state index contributed by atoms with van der Waals surface area (Å²) in [6.45, 7) is 2.16. The lowest BCUT2D eigenvalue weighted by Gasteiger charge is -2.05. The molecule has 0 bridgehead atoms. The zero-order chi connectivity index (χ0) is 13.8. The summed E-state index contributed by atoms with van der Waals surface area (Å²) in [6.07, 6.45) is 0. The van der Waals surface area contributed by atoms with Crippen molar-refractivity contribution < 1.29 is 9.45 Å². The van der Waals surface area contributed by atoms with Crippen LogP contribution in [0, 0.1) is 28.4 Å². The summed E-state index contributed by atoms with van der Waals surface area (Å²) in [4.78, 5) is 10.1. The number of non-ortho nitro benzene ring substituents is 1. The molecule has 0 saturated carbocycles. The average molecular weight is 258 g/mol. The molecule has 1 heterocycles. The van der Waals surface area contributed by atoms with Gasteiger partial charge in [-0.2, -0.15) is 5.26 Å². The van der Waals surface area contributed by atoms with Crippen molar-refractivity contribution >= 4 is 11.4 Å². The number of benzene rings is 1. The number of nitriles is 1. The van der Waals surface area contributed by atoms with Gasteiger partial charge >= 0.3 is 0 Å². The van der Waals surface area contributed by atoms with Gasteiger partial charge in [-0.15, -0.1) is 0 Å². The maximum absolute atomic E-state index is 10.6. The molecule has 0 amide bonds. The lowest BCUT2D eigenvalue weighted by Crippen LogP contribution is -2.01.